The van der Waals surface area contributed by atoms with Gasteiger partial charge in [-0.15, -0.1) is 0 Å². The summed E-state index contributed by atoms with van der Waals surface area (Å²) in [5.41, 5.74) is 1.32. The minimum absolute atomic E-state index is 0.0204. The molecule has 92 valence electrons. The van der Waals surface area contributed by atoms with E-state index in [1.165, 1.54) is 31.9 Å². The average Bonchev–Trinajstić information content (AvgIpc) is 2.40. The standard InChI is InChI=1S/C15H20O2/c1-17-14(16)12-15(10-6-3-7-11-15)13-8-4-2-5-9-13/h2,4-5,8-9H,3,6-7,10-12H2,1H3. The molecule has 0 heterocycles. The zero-order valence-electron chi connectivity index (χ0n) is 10.4. The average molecular weight is 232 g/mol. The molecule has 17 heavy (non-hydrogen) atoms. The van der Waals surface area contributed by atoms with Crippen LogP contribution in [0.25, 0.3) is 0 Å². The molecular weight excluding hydrogens is 212 g/mol. The van der Waals surface area contributed by atoms with Crippen molar-refractivity contribution >= 4 is 5.97 Å². The molecule has 1 aromatic carbocycles. The van der Waals surface area contributed by atoms with Gasteiger partial charge in [-0.1, -0.05) is 49.6 Å². The highest BCUT2D eigenvalue weighted by atomic mass is 16.5. The van der Waals surface area contributed by atoms with Crippen LogP contribution in [0, 0.1) is 0 Å². The first kappa shape index (κ1) is 12.2. The number of rotatable bonds is 3. The minimum atomic E-state index is -0.0873. The van der Waals surface area contributed by atoms with Crippen molar-refractivity contribution in [3.63, 3.8) is 0 Å². The summed E-state index contributed by atoms with van der Waals surface area (Å²) in [6, 6.07) is 10.4. The molecule has 0 atom stereocenters. The van der Waals surface area contributed by atoms with Crippen LogP contribution >= 0.6 is 0 Å². The lowest BCUT2D eigenvalue weighted by Crippen LogP contribution is -2.32. The van der Waals surface area contributed by atoms with Crippen LogP contribution in [0.3, 0.4) is 0 Å². The molecule has 2 rings (SSSR count). The minimum Gasteiger partial charge on any atom is -0.469 e. The molecule has 0 bridgehead atoms. The molecule has 1 aliphatic carbocycles. The van der Waals surface area contributed by atoms with Gasteiger partial charge in [0.2, 0.25) is 0 Å². The Labute approximate surface area is 103 Å². The van der Waals surface area contributed by atoms with E-state index in [0.717, 1.165) is 12.8 Å². The quantitative estimate of drug-likeness (QED) is 0.746. The molecular formula is C15H20O2. The van der Waals surface area contributed by atoms with Gasteiger partial charge in [0, 0.05) is 5.41 Å². The van der Waals surface area contributed by atoms with Crippen molar-refractivity contribution in [3.05, 3.63) is 35.9 Å². The zero-order valence-corrected chi connectivity index (χ0v) is 10.4. The van der Waals surface area contributed by atoms with Crippen LogP contribution < -0.4 is 0 Å². The van der Waals surface area contributed by atoms with E-state index in [0.29, 0.717) is 6.42 Å². The van der Waals surface area contributed by atoms with Crippen molar-refractivity contribution < 1.29 is 9.53 Å². The van der Waals surface area contributed by atoms with Crippen molar-refractivity contribution in [2.24, 2.45) is 0 Å². The van der Waals surface area contributed by atoms with Gasteiger partial charge in [0.25, 0.3) is 0 Å². The third kappa shape index (κ3) is 2.68. The summed E-state index contributed by atoms with van der Waals surface area (Å²) in [5, 5.41) is 0. The van der Waals surface area contributed by atoms with Crippen molar-refractivity contribution in [2.75, 3.05) is 7.11 Å². The number of carbonyl (C=O) groups excluding carboxylic acids is 1. The molecule has 0 spiro atoms. The van der Waals surface area contributed by atoms with Crippen LogP contribution in [-0.2, 0) is 14.9 Å². The molecule has 1 aromatic rings. The molecule has 1 aliphatic rings. The Bertz CT molecular complexity index is 364. The highest BCUT2D eigenvalue weighted by molar-refractivity contribution is 5.71. The van der Waals surface area contributed by atoms with Gasteiger partial charge >= 0.3 is 5.97 Å². The van der Waals surface area contributed by atoms with Crippen LogP contribution in [0.2, 0.25) is 0 Å². The molecule has 0 N–H and O–H groups in total. The van der Waals surface area contributed by atoms with E-state index >= 15 is 0 Å². The predicted molar refractivity (Wildman–Crippen MR) is 67.8 cm³/mol. The van der Waals surface area contributed by atoms with Gasteiger partial charge < -0.3 is 4.74 Å². The first-order valence-electron chi connectivity index (χ1n) is 6.39. The maximum Gasteiger partial charge on any atom is 0.306 e. The van der Waals surface area contributed by atoms with Gasteiger partial charge in [-0.2, -0.15) is 0 Å². The highest BCUT2D eigenvalue weighted by Gasteiger charge is 2.36. The van der Waals surface area contributed by atoms with Crippen LogP contribution in [0.1, 0.15) is 44.1 Å². The van der Waals surface area contributed by atoms with Gasteiger partial charge in [-0.25, -0.2) is 0 Å². The van der Waals surface area contributed by atoms with Crippen LogP contribution in [0.5, 0.6) is 0 Å². The molecule has 1 saturated carbocycles. The predicted octanol–water partition coefficient (Wildman–Crippen LogP) is 3.45. The van der Waals surface area contributed by atoms with Crippen LogP contribution in [0.4, 0.5) is 0 Å². The Morgan fingerprint density at radius 1 is 1.18 bits per heavy atom. The summed E-state index contributed by atoms with van der Waals surface area (Å²) >= 11 is 0. The van der Waals surface area contributed by atoms with Gasteiger partial charge in [-0.05, 0) is 18.4 Å². The van der Waals surface area contributed by atoms with E-state index in [9.17, 15) is 4.79 Å². The van der Waals surface area contributed by atoms with Crippen molar-refractivity contribution in [2.45, 2.75) is 43.9 Å². The van der Waals surface area contributed by atoms with Crippen LogP contribution in [0.15, 0.2) is 30.3 Å². The lowest BCUT2D eigenvalue weighted by molar-refractivity contribution is -0.142. The second-order valence-corrected chi connectivity index (χ2v) is 4.96. The molecule has 2 nitrogen and oxygen atoms in total. The van der Waals surface area contributed by atoms with E-state index in [-0.39, 0.29) is 11.4 Å². The van der Waals surface area contributed by atoms with Crippen LogP contribution in [-0.4, -0.2) is 13.1 Å². The Morgan fingerprint density at radius 3 is 2.41 bits per heavy atom. The fourth-order valence-electron chi connectivity index (χ4n) is 2.94. The number of hydrogen-bond acceptors (Lipinski definition) is 2. The molecule has 0 radical (unpaired) electrons. The van der Waals surface area contributed by atoms with Gasteiger partial charge in [-0.3, -0.25) is 4.79 Å². The van der Waals surface area contributed by atoms with E-state index in [1.54, 1.807) is 0 Å². The van der Waals surface area contributed by atoms with E-state index < -0.39 is 0 Å². The number of ether oxygens (including phenoxy) is 1. The molecule has 0 aromatic heterocycles. The molecule has 0 unspecified atom stereocenters. The number of methoxy groups -OCH3 is 1. The largest absolute Gasteiger partial charge is 0.469 e. The summed E-state index contributed by atoms with van der Waals surface area (Å²) in [7, 11) is 1.48. The van der Waals surface area contributed by atoms with E-state index in [2.05, 4.69) is 24.3 Å². The maximum atomic E-state index is 11.6. The van der Waals surface area contributed by atoms with Gasteiger partial charge in [0.15, 0.2) is 0 Å². The summed E-state index contributed by atoms with van der Waals surface area (Å²) in [6.45, 7) is 0. The van der Waals surface area contributed by atoms with Gasteiger partial charge in [0.1, 0.15) is 0 Å². The number of esters is 1. The number of benzene rings is 1. The summed E-state index contributed by atoms with van der Waals surface area (Å²) in [5.74, 6) is -0.0873. The zero-order chi connectivity index (χ0) is 12.1. The maximum absolute atomic E-state index is 11.6. The monoisotopic (exact) mass is 232 g/mol. The molecule has 1 fully saturated rings. The Kier molecular flexibility index (Phi) is 3.82. The summed E-state index contributed by atoms with van der Waals surface area (Å²) in [4.78, 5) is 11.6. The SMILES string of the molecule is COC(=O)CC1(c2ccccc2)CCCCC1. The lowest BCUT2D eigenvalue weighted by Gasteiger charge is -2.37. The fraction of sp³-hybridized carbons (Fsp3) is 0.533. The normalized spacial score (nSPS) is 18.6. The smallest absolute Gasteiger partial charge is 0.306 e. The van der Waals surface area contributed by atoms with Crippen molar-refractivity contribution in [1.82, 2.24) is 0 Å². The Balaban J connectivity index is 2.26. The van der Waals surface area contributed by atoms with Crippen molar-refractivity contribution in [1.29, 1.82) is 0 Å². The third-order valence-electron chi connectivity index (χ3n) is 3.91. The third-order valence-corrected chi connectivity index (χ3v) is 3.91. The molecule has 0 amide bonds. The second-order valence-electron chi connectivity index (χ2n) is 4.96. The first-order chi connectivity index (χ1) is 8.27. The Morgan fingerprint density at radius 2 is 1.82 bits per heavy atom. The molecule has 0 aliphatic heterocycles. The topological polar surface area (TPSA) is 26.3 Å². The summed E-state index contributed by atoms with van der Waals surface area (Å²) < 4.78 is 4.86. The lowest BCUT2D eigenvalue weighted by atomic mass is 9.67. The molecule has 2 heteroatoms. The second kappa shape index (κ2) is 5.35. The van der Waals surface area contributed by atoms with E-state index in [4.69, 9.17) is 4.74 Å². The number of hydrogen-bond donors (Lipinski definition) is 0. The Hall–Kier alpha value is -1.31. The highest BCUT2D eigenvalue weighted by Crippen LogP contribution is 2.42. The first-order valence-corrected chi connectivity index (χ1v) is 6.39. The molecule has 0 saturated heterocycles. The fourth-order valence-corrected chi connectivity index (χ4v) is 2.94. The van der Waals surface area contributed by atoms with Crippen molar-refractivity contribution in [3.8, 4) is 0 Å². The summed E-state index contributed by atoms with van der Waals surface area (Å²) in [6.07, 6.45) is 6.44. The number of carbonyl (C=O) groups is 1. The van der Waals surface area contributed by atoms with E-state index in [1.807, 2.05) is 6.07 Å². The van der Waals surface area contributed by atoms with Gasteiger partial charge in [0.05, 0.1) is 13.5 Å².